The lowest BCUT2D eigenvalue weighted by atomic mass is 10.2. The molecule has 1 rings (SSSR count). The number of carboxylic acids is 1. The number of ether oxygens (including phenoxy) is 1. The quantitative estimate of drug-likeness (QED) is 0.810. The van der Waals surface area contributed by atoms with Gasteiger partial charge in [0.05, 0.1) is 4.47 Å². The fourth-order valence-electron chi connectivity index (χ4n) is 1.06. The van der Waals surface area contributed by atoms with E-state index in [0.717, 1.165) is 20.6 Å². The van der Waals surface area contributed by atoms with Gasteiger partial charge in [0.2, 0.25) is 0 Å². The largest absolute Gasteiger partial charge is 0.487 e. The van der Waals surface area contributed by atoms with Gasteiger partial charge in [-0.3, -0.25) is 0 Å². The van der Waals surface area contributed by atoms with Crippen molar-refractivity contribution < 1.29 is 14.6 Å². The molecule has 1 aromatic rings. The highest BCUT2D eigenvalue weighted by molar-refractivity contribution is 9.11. The molecule has 1 aromatic carbocycles. The Morgan fingerprint density at radius 3 is 2.76 bits per heavy atom. The van der Waals surface area contributed by atoms with E-state index in [0.29, 0.717) is 12.4 Å². The molecule has 0 radical (unpaired) electrons. The maximum atomic E-state index is 10.4. The Balaban J connectivity index is 2.79. The summed E-state index contributed by atoms with van der Waals surface area (Å²) in [6, 6.07) is 5.32. The van der Waals surface area contributed by atoms with Gasteiger partial charge in [-0.2, -0.15) is 0 Å². The van der Waals surface area contributed by atoms with Crippen LogP contribution in [0.2, 0.25) is 0 Å². The summed E-state index contributed by atoms with van der Waals surface area (Å²) in [5, 5.41) is 8.51. The molecule has 0 unspecified atom stereocenters. The number of carboxylic acid groups (broad SMARTS) is 1. The van der Waals surface area contributed by atoms with E-state index < -0.39 is 5.97 Å². The maximum absolute atomic E-state index is 10.4. The van der Waals surface area contributed by atoms with E-state index in [-0.39, 0.29) is 0 Å². The SMILES string of the molecule is C=C(Br)COc1ccc(C=CC(=O)O)cc1Br. The molecular formula is C12H10Br2O3. The Hall–Kier alpha value is -1.07. The molecule has 5 heteroatoms. The van der Waals surface area contributed by atoms with Crippen molar-refractivity contribution in [2.45, 2.75) is 0 Å². The van der Waals surface area contributed by atoms with Gasteiger partial charge >= 0.3 is 5.97 Å². The first-order valence-electron chi connectivity index (χ1n) is 4.65. The minimum Gasteiger partial charge on any atom is -0.487 e. The predicted octanol–water partition coefficient (Wildman–Crippen LogP) is 3.83. The van der Waals surface area contributed by atoms with E-state index in [4.69, 9.17) is 9.84 Å². The lowest BCUT2D eigenvalue weighted by Crippen LogP contribution is -1.96. The van der Waals surface area contributed by atoms with Crippen LogP contribution in [0.1, 0.15) is 5.56 Å². The second-order valence-corrected chi connectivity index (χ2v) is 5.14. The molecule has 0 atom stereocenters. The molecule has 0 saturated carbocycles. The smallest absolute Gasteiger partial charge is 0.328 e. The first-order valence-corrected chi connectivity index (χ1v) is 6.24. The van der Waals surface area contributed by atoms with Crippen LogP contribution < -0.4 is 4.74 Å². The van der Waals surface area contributed by atoms with E-state index in [1.807, 2.05) is 0 Å². The van der Waals surface area contributed by atoms with Crippen LogP contribution in [-0.2, 0) is 4.79 Å². The summed E-state index contributed by atoms with van der Waals surface area (Å²) < 4.78 is 6.96. The Morgan fingerprint density at radius 2 is 2.24 bits per heavy atom. The van der Waals surface area contributed by atoms with E-state index in [2.05, 4.69) is 38.4 Å². The molecule has 0 saturated heterocycles. The van der Waals surface area contributed by atoms with Crippen molar-refractivity contribution in [2.75, 3.05) is 6.61 Å². The standard InChI is InChI=1S/C12H10Br2O3/c1-8(13)7-17-11-4-2-9(6-10(11)14)3-5-12(15)16/h2-6H,1,7H2,(H,15,16). The molecule has 0 aromatic heterocycles. The second-order valence-electron chi connectivity index (χ2n) is 3.17. The Labute approximate surface area is 116 Å². The van der Waals surface area contributed by atoms with Crippen LogP contribution in [0.5, 0.6) is 5.75 Å². The molecule has 90 valence electrons. The van der Waals surface area contributed by atoms with Gasteiger partial charge in [0.1, 0.15) is 12.4 Å². The van der Waals surface area contributed by atoms with Crippen molar-refractivity contribution >= 4 is 43.9 Å². The Bertz CT molecular complexity index is 467. The minimum absolute atomic E-state index is 0.378. The van der Waals surface area contributed by atoms with Crippen molar-refractivity contribution in [3.05, 3.63) is 45.4 Å². The van der Waals surface area contributed by atoms with E-state index >= 15 is 0 Å². The maximum Gasteiger partial charge on any atom is 0.328 e. The molecule has 0 amide bonds. The van der Waals surface area contributed by atoms with Gasteiger partial charge in [0.25, 0.3) is 0 Å². The summed E-state index contributed by atoms with van der Waals surface area (Å²) in [5.74, 6) is -0.296. The van der Waals surface area contributed by atoms with Gasteiger partial charge < -0.3 is 9.84 Å². The summed E-state index contributed by atoms with van der Waals surface area (Å²) in [7, 11) is 0. The van der Waals surface area contributed by atoms with Gasteiger partial charge in [0.15, 0.2) is 0 Å². The molecule has 0 bridgehead atoms. The molecule has 17 heavy (non-hydrogen) atoms. The second kappa shape index (κ2) is 6.61. The number of benzene rings is 1. The predicted molar refractivity (Wildman–Crippen MR) is 74.4 cm³/mol. The number of halogens is 2. The number of aliphatic carboxylic acids is 1. The van der Waals surface area contributed by atoms with Crippen molar-refractivity contribution in [2.24, 2.45) is 0 Å². The third kappa shape index (κ3) is 5.19. The Kier molecular flexibility index (Phi) is 5.44. The molecule has 0 aliphatic rings. The normalized spacial score (nSPS) is 10.5. The zero-order valence-electron chi connectivity index (χ0n) is 8.82. The lowest BCUT2D eigenvalue weighted by Gasteiger charge is -2.07. The summed E-state index contributed by atoms with van der Waals surface area (Å²) >= 11 is 6.55. The van der Waals surface area contributed by atoms with E-state index in [9.17, 15) is 4.79 Å². The third-order valence-corrected chi connectivity index (χ3v) is 2.61. The summed E-state index contributed by atoms with van der Waals surface area (Å²) in [6.07, 6.45) is 2.60. The van der Waals surface area contributed by atoms with Crippen molar-refractivity contribution in [1.82, 2.24) is 0 Å². The molecular weight excluding hydrogens is 352 g/mol. The van der Waals surface area contributed by atoms with Gasteiger partial charge in [-0.15, -0.1) is 0 Å². The molecule has 3 nitrogen and oxygen atoms in total. The molecule has 1 N–H and O–H groups in total. The highest BCUT2D eigenvalue weighted by Gasteiger charge is 2.02. The van der Waals surface area contributed by atoms with Crippen LogP contribution in [0.25, 0.3) is 6.08 Å². The van der Waals surface area contributed by atoms with Gasteiger partial charge in [0, 0.05) is 10.6 Å². The Morgan fingerprint density at radius 1 is 1.53 bits per heavy atom. The zero-order valence-corrected chi connectivity index (χ0v) is 12.0. The molecule has 0 heterocycles. The molecule has 0 spiro atoms. The van der Waals surface area contributed by atoms with Crippen LogP contribution in [0.3, 0.4) is 0 Å². The van der Waals surface area contributed by atoms with Crippen LogP contribution >= 0.6 is 31.9 Å². The van der Waals surface area contributed by atoms with Crippen molar-refractivity contribution in [3.63, 3.8) is 0 Å². The van der Waals surface area contributed by atoms with Gasteiger partial charge in [-0.05, 0) is 39.7 Å². The monoisotopic (exact) mass is 360 g/mol. The highest BCUT2D eigenvalue weighted by Crippen LogP contribution is 2.27. The number of hydrogen-bond acceptors (Lipinski definition) is 2. The van der Waals surface area contributed by atoms with Gasteiger partial charge in [-0.25, -0.2) is 4.79 Å². The zero-order chi connectivity index (χ0) is 12.8. The summed E-state index contributed by atoms with van der Waals surface area (Å²) in [4.78, 5) is 10.4. The average molecular weight is 362 g/mol. The molecule has 0 aliphatic carbocycles. The number of carbonyl (C=O) groups is 1. The van der Waals surface area contributed by atoms with Gasteiger partial charge in [-0.1, -0.05) is 28.6 Å². The first kappa shape index (κ1) is 14.0. The fraction of sp³-hybridized carbons (Fsp3) is 0.0833. The topological polar surface area (TPSA) is 46.5 Å². The van der Waals surface area contributed by atoms with Crippen molar-refractivity contribution in [1.29, 1.82) is 0 Å². The minimum atomic E-state index is -0.975. The highest BCUT2D eigenvalue weighted by atomic mass is 79.9. The first-order chi connectivity index (χ1) is 7.99. The number of hydrogen-bond donors (Lipinski definition) is 1. The van der Waals surface area contributed by atoms with Crippen LogP contribution in [-0.4, -0.2) is 17.7 Å². The summed E-state index contributed by atoms with van der Waals surface area (Å²) in [5.41, 5.74) is 0.782. The van der Waals surface area contributed by atoms with Crippen LogP contribution in [0.15, 0.2) is 39.8 Å². The average Bonchev–Trinajstić information content (AvgIpc) is 2.24. The molecule has 0 fully saturated rings. The third-order valence-electron chi connectivity index (χ3n) is 1.76. The number of rotatable bonds is 5. The van der Waals surface area contributed by atoms with Crippen molar-refractivity contribution in [3.8, 4) is 5.75 Å². The molecule has 0 aliphatic heterocycles. The van der Waals surface area contributed by atoms with Crippen LogP contribution in [0, 0.1) is 0 Å². The van der Waals surface area contributed by atoms with E-state index in [1.54, 1.807) is 18.2 Å². The van der Waals surface area contributed by atoms with Crippen LogP contribution in [0.4, 0.5) is 0 Å². The summed E-state index contributed by atoms with van der Waals surface area (Å²) in [6.45, 7) is 4.04. The van der Waals surface area contributed by atoms with E-state index in [1.165, 1.54) is 6.08 Å². The lowest BCUT2D eigenvalue weighted by molar-refractivity contribution is -0.131. The fourth-order valence-corrected chi connectivity index (χ4v) is 1.69.